The van der Waals surface area contributed by atoms with Crippen molar-refractivity contribution in [1.29, 1.82) is 0 Å². The lowest BCUT2D eigenvalue weighted by Crippen LogP contribution is -2.17. The van der Waals surface area contributed by atoms with Gasteiger partial charge in [0, 0.05) is 16.1 Å². The van der Waals surface area contributed by atoms with Gasteiger partial charge in [-0.25, -0.2) is 0 Å². The molecule has 1 fully saturated rings. The second-order valence-electron chi connectivity index (χ2n) is 5.04. The average Bonchev–Trinajstić information content (AvgIpc) is 3.03. The molecule has 5 heteroatoms. The van der Waals surface area contributed by atoms with Crippen molar-refractivity contribution in [2.24, 2.45) is 5.92 Å². The van der Waals surface area contributed by atoms with Gasteiger partial charge in [-0.15, -0.1) is 23.2 Å². The summed E-state index contributed by atoms with van der Waals surface area (Å²) in [6.45, 7) is 0. The number of hydrogen-bond acceptors (Lipinski definition) is 1. The molecule has 1 saturated carbocycles. The van der Waals surface area contributed by atoms with E-state index >= 15 is 0 Å². The number of carbonyl (C=O) groups excluding carboxylic acids is 1. The summed E-state index contributed by atoms with van der Waals surface area (Å²) in [4.78, 5) is 12.4. The van der Waals surface area contributed by atoms with E-state index in [4.69, 9.17) is 23.2 Å². The smallest absolute Gasteiger partial charge is 0.231 e. The quantitative estimate of drug-likeness (QED) is 0.743. The molecule has 2 unspecified atom stereocenters. The van der Waals surface area contributed by atoms with E-state index in [9.17, 15) is 4.79 Å². The van der Waals surface area contributed by atoms with Gasteiger partial charge in [0.2, 0.25) is 5.91 Å². The highest BCUT2D eigenvalue weighted by molar-refractivity contribution is 9.10. The molecule has 0 spiro atoms. The molecule has 1 N–H and O–H groups in total. The normalized spacial score (nSPS) is 22.6. The SMILES string of the molecule is O=C(Nc1cccc(Br)c1)C1C(c2ccccc2)C1(Cl)Cl. The van der Waals surface area contributed by atoms with E-state index < -0.39 is 10.3 Å². The van der Waals surface area contributed by atoms with Crippen LogP contribution in [0.25, 0.3) is 0 Å². The maximum Gasteiger partial charge on any atom is 0.231 e. The summed E-state index contributed by atoms with van der Waals surface area (Å²) in [6, 6.07) is 17.1. The van der Waals surface area contributed by atoms with Crippen LogP contribution in [0, 0.1) is 5.92 Å². The molecule has 21 heavy (non-hydrogen) atoms. The number of amides is 1. The molecular formula is C16H12BrCl2NO. The molecule has 2 aromatic rings. The van der Waals surface area contributed by atoms with Gasteiger partial charge < -0.3 is 5.32 Å². The highest BCUT2D eigenvalue weighted by atomic mass is 79.9. The molecular weight excluding hydrogens is 373 g/mol. The summed E-state index contributed by atoms with van der Waals surface area (Å²) < 4.78 is -0.143. The summed E-state index contributed by atoms with van der Waals surface area (Å²) in [6.07, 6.45) is 0. The standard InChI is InChI=1S/C16H12BrCl2NO/c17-11-7-4-8-12(9-11)20-15(21)14-13(16(14,18)19)10-5-2-1-3-6-10/h1-9,13-14H,(H,20,21). The highest BCUT2D eigenvalue weighted by Gasteiger charge is 2.67. The predicted molar refractivity (Wildman–Crippen MR) is 89.9 cm³/mol. The molecule has 0 radical (unpaired) electrons. The van der Waals surface area contributed by atoms with Crippen molar-refractivity contribution >= 4 is 50.7 Å². The van der Waals surface area contributed by atoms with Crippen LogP contribution in [0.15, 0.2) is 59.1 Å². The van der Waals surface area contributed by atoms with Crippen LogP contribution in [0.3, 0.4) is 0 Å². The fourth-order valence-corrected chi connectivity index (χ4v) is 3.74. The zero-order valence-corrected chi connectivity index (χ0v) is 14.0. The van der Waals surface area contributed by atoms with E-state index in [0.29, 0.717) is 0 Å². The van der Waals surface area contributed by atoms with Crippen molar-refractivity contribution in [3.63, 3.8) is 0 Å². The van der Waals surface area contributed by atoms with Gasteiger partial charge in [-0.05, 0) is 23.8 Å². The first-order chi connectivity index (χ1) is 10.00. The number of benzene rings is 2. The van der Waals surface area contributed by atoms with Crippen LogP contribution in [0.5, 0.6) is 0 Å². The third-order valence-electron chi connectivity index (χ3n) is 3.59. The summed E-state index contributed by atoms with van der Waals surface area (Å²) in [7, 11) is 0. The number of hydrogen-bond donors (Lipinski definition) is 1. The lowest BCUT2D eigenvalue weighted by Gasteiger charge is -2.05. The van der Waals surface area contributed by atoms with Gasteiger partial charge in [0.25, 0.3) is 0 Å². The lowest BCUT2D eigenvalue weighted by molar-refractivity contribution is -0.117. The van der Waals surface area contributed by atoms with Gasteiger partial charge in [0.15, 0.2) is 0 Å². The Kier molecular flexibility index (Phi) is 4.00. The van der Waals surface area contributed by atoms with E-state index in [-0.39, 0.29) is 11.8 Å². The van der Waals surface area contributed by atoms with Crippen molar-refractivity contribution in [2.75, 3.05) is 5.32 Å². The van der Waals surface area contributed by atoms with Crippen LogP contribution in [0.1, 0.15) is 11.5 Å². The molecule has 0 aromatic heterocycles. The Morgan fingerprint density at radius 1 is 1.10 bits per heavy atom. The molecule has 108 valence electrons. The number of nitrogens with one attached hydrogen (secondary N) is 1. The molecule has 2 atom stereocenters. The van der Waals surface area contributed by atoms with Crippen LogP contribution in [0.2, 0.25) is 0 Å². The molecule has 0 saturated heterocycles. The Labute approximate surface area is 141 Å². The fourth-order valence-electron chi connectivity index (χ4n) is 2.51. The van der Waals surface area contributed by atoms with E-state index in [0.717, 1.165) is 15.7 Å². The average molecular weight is 385 g/mol. The van der Waals surface area contributed by atoms with E-state index in [1.54, 1.807) is 0 Å². The van der Waals surface area contributed by atoms with Crippen molar-refractivity contribution in [3.8, 4) is 0 Å². The van der Waals surface area contributed by atoms with Gasteiger partial charge >= 0.3 is 0 Å². The van der Waals surface area contributed by atoms with Crippen molar-refractivity contribution in [1.82, 2.24) is 0 Å². The minimum atomic E-state index is -1.04. The first-order valence-corrected chi connectivity index (χ1v) is 8.04. The van der Waals surface area contributed by atoms with Crippen LogP contribution in [-0.2, 0) is 4.79 Å². The Morgan fingerprint density at radius 2 is 1.81 bits per heavy atom. The third-order valence-corrected chi connectivity index (χ3v) is 5.02. The van der Waals surface area contributed by atoms with E-state index in [1.165, 1.54) is 0 Å². The first kappa shape index (κ1) is 14.9. The molecule has 1 aliphatic carbocycles. The number of halogens is 3. The van der Waals surface area contributed by atoms with Crippen LogP contribution in [-0.4, -0.2) is 10.2 Å². The van der Waals surface area contributed by atoms with Crippen LogP contribution in [0.4, 0.5) is 5.69 Å². The second-order valence-corrected chi connectivity index (χ2v) is 7.40. The summed E-state index contributed by atoms with van der Waals surface area (Å²) in [5.41, 5.74) is 1.70. The third kappa shape index (κ3) is 2.96. The number of alkyl halides is 2. The zero-order chi connectivity index (χ0) is 15.0. The molecule has 0 bridgehead atoms. The van der Waals surface area contributed by atoms with Gasteiger partial charge in [-0.3, -0.25) is 4.79 Å². The van der Waals surface area contributed by atoms with Crippen LogP contribution < -0.4 is 5.32 Å². The monoisotopic (exact) mass is 383 g/mol. The zero-order valence-electron chi connectivity index (χ0n) is 10.9. The fraction of sp³-hybridized carbons (Fsp3) is 0.188. The van der Waals surface area contributed by atoms with Crippen molar-refractivity contribution in [3.05, 3.63) is 64.6 Å². The predicted octanol–water partition coefficient (Wildman–Crippen LogP) is 4.98. The summed E-state index contributed by atoms with van der Waals surface area (Å²) in [5, 5.41) is 2.86. The number of rotatable bonds is 3. The van der Waals surface area contributed by atoms with E-state index in [2.05, 4.69) is 21.2 Å². The summed E-state index contributed by atoms with van der Waals surface area (Å²) >= 11 is 16.0. The minimum absolute atomic E-state index is 0.160. The molecule has 0 aliphatic heterocycles. The Bertz CT molecular complexity index is 675. The van der Waals surface area contributed by atoms with Gasteiger partial charge in [0.05, 0.1) is 5.92 Å². The number of carbonyl (C=O) groups is 1. The molecule has 2 aromatic carbocycles. The van der Waals surface area contributed by atoms with Gasteiger partial charge in [-0.1, -0.05) is 52.3 Å². The summed E-state index contributed by atoms with van der Waals surface area (Å²) in [5.74, 6) is -0.775. The minimum Gasteiger partial charge on any atom is -0.326 e. The largest absolute Gasteiger partial charge is 0.326 e. The molecule has 2 nitrogen and oxygen atoms in total. The van der Waals surface area contributed by atoms with Crippen LogP contribution >= 0.6 is 39.1 Å². The lowest BCUT2D eigenvalue weighted by atomic mass is 10.1. The first-order valence-electron chi connectivity index (χ1n) is 6.49. The molecule has 1 aliphatic rings. The maximum atomic E-state index is 12.4. The second kappa shape index (κ2) is 5.64. The molecule has 1 amide bonds. The highest BCUT2D eigenvalue weighted by Crippen LogP contribution is 2.65. The number of anilines is 1. The van der Waals surface area contributed by atoms with Crippen molar-refractivity contribution < 1.29 is 4.79 Å². The Morgan fingerprint density at radius 3 is 2.48 bits per heavy atom. The van der Waals surface area contributed by atoms with E-state index in [1.807, 2.05) is 54.6 Å². The molecule has 3 rings (SSSR count). The molecule has 0 heterocycles. The Hall–Kier alpha value is -1.03. The van der Waals surface area contributed by atoms with Gasteiger partial charge in [-0.2, -0.15) is 0 Å². The van der Waals surface area contributed by atoms with Gasteiger partial charge in [0.1, 0.15) is 4.33 Å². The Balaban J connectivity index is 1.77. The van der Waals surface area contributed by atoms with Crippen molar-refractivity contribution in [2.45, 2.75) is 10.3 Å². The maximum absolute atomic E-state index is 12.4. The topological polar surface area (TPSA) is 29.1 Å².